The van der Waals surface area contributed by atoms with Gasteiger partial charge in [-0.05, 0) is 24.0 Å². The van der Waals surface area contributed by atoms with E-state index in [0.29, 0.717) is 17.7 Å². The predicted molar refractivity (Wildman–Crippen MR) is 75.9 cm³/mol. The molecular weight excluding hydrogens is 264 g/mol. The van der Waals surface area contributed by atoms with Crippen molar-refractivity contribution in [3.8, 4) is 0 Å². The maximum absolute atomic E-state index is 11.9. The van der Waals surface area contributed by atoms with Crippen molar-refractivity contribution >= 4 is 23.6 Å². The molecule has 0 bridgehead atoms. The second-order valence-electron chi connectivity index (χ2n) is 4.07. The lowest BCUT2D eigenvalue weighted by atomic mass is 10.1. The molecule has 0 fully saturated rings. The fraction of sp³-hybridized carbons (Fsp3) is 0.385. The molecule has 1 rings (SSSR count). The number of rotatable bonds is 7. The molecule has 1 unspecified atom stereocenters. The quantitative estimate of drug-likeness (QED) is 0.694. The molecule has 6 heteroatoms. The summed E-state index contributed by atoms with van der Waals surface area (Å²) < 4.78 is 0. The standard InChI is InChI=1S/C13H18N2O3S/c1-19-8-7-10(13(17)18)15-12(16)11(14)9-5-3-2-4-6-9/h2-6,10-11H,7-8,14H2,1H3,(H,15,16)(H,17,18)/t10?,11-/m1/s1. The Hall–Kier alpha value is -1.53. The van der Waals surface area contributed by atoms with Crippen LogP contribution in [-0.4, -0.2) is 35.0 Å². The first-order valence-corrected chi connectivity index (χ1v) is 7.28. The molecule has 1 aromatic rings. The number of nitrogens with two attached hydrogens (primary N) is 1. The Morgan fingerprint density at radius 3 is 2.53 bits per heavy atom. The Morgan fingerprint density at radius 1 is 1.37 bits per heavy atom. The lowest BCUT2D eigenvalue weighted by Crippen LogP contribution is -2.45. The van der Waals surface area contributed by atoms with Gasteiger partial charge in [-0.1, -0.05) is 30.3 Å². The van der Waals surface area contributed by atoms with Crippen LogP contribution in [0.4, 0.5) is 0 Å². The second kappa shape index (κ2) is 7.81. The second-order valence-corrected chi connectivity index (χ2v) is 5.05. The maximum atomic E-state index is 11.9. The monoisotopic (exact) mass is 282 g/mol. The van der Waals surface area contributed by atoms with Crippen LogP contribution in [0.5, 0.6) is 0 Å². The zero-order valence-corrected chi connectivity index (χ0v) is 11.5. The lowest BCUT2D eigenvalue weighted by molar-refractivity contribution is -0.142. The SMILES string of the molecule is CSCCC(NC(=O)[C@H](N)c1ccccc1)C(=O)O. The Balaban J connectivity index is 2.64. The molecule has 0 heterocycles. The van der Waals surface area contributed by atoms with Gasteiger partial charge in [0.2, 0.25) is 5.91 Å². The molecule has 0 radical (unpaired) electrons. The highest BCUT2D eigenvalue weighted by Gasteiger charge is 2.23. The van der Waals surface area contributed by atoms with Crippen molar-refractivity contribution in [2.75, 3.05) is 12.0 Å². The Labute approximate surface area is 116 Å². The van der Waals surface area contributed by atoms with Gasteiger partial charge in [-0.15, -0.1) is 0 Å². The summed E-state index contributed by atoms with van der Waals surface area (Å²) in [6, 6.07) is 7.12. The summed E-state index contributed by atoms with van der Waals surface area (Å²) >= 11 is 1.53. The van der Waals surface area contributed by atoms with Crippen LogP contribution in [0.1, 0.15) is 18.0 Å². The predicted octanol–water partition coefficient (Wildman–Crippen LogP) is 1.01. The van der Waals surface area contributed by atoms with Crippen molar-refractivity contribution in [3.05, 3.63) is 35.9 Å². The van der Waals surface area contributed by atoms with Crippen LogP contribution in [0.3, 0.4) is 0 Å². The zero-order valence-electron chi connectivity index (χ0n) is 10.7. The van der Waals surface area contributed by atoms with Crippen molar-refractivity contribution in [1.29, 1.82) is 0 Å². The van der Waals surface area contributed by atoms with E-state index in [4.69, 9.17) is 10.8 Å². The third kappa shape index (κ3) is 4.92. The molecule has 0 aliphatic carbocycles. The van der Waals surface area contributed by atoms with Crippen LogP contribution in [0, 0.1) is 0 Å². The van der Waals surface area contributed by atoms with Gasteiger partial charge >= 0.3 is 5.97 Å². The van der Waals surface area contributed by atoms with Crippen molar-refractivity contribution < 1.29 is 14.7 Å². The lowest BCUT2D eigenvalue weighted by Gasteiger charge is -2.17. The van der Waals surface area contributed by atoms with Crippen LogP contribution in [0.25, 0.3) is 0 Å². The van der Waals surface area contributed by atoms with Crippen molar-refractivity contribution in [2.24, 2.45) is 5.73 Å². The maximum Gasteiger partial charge on any atom is 0.326 e. The van der Waals surface area contributed by atoms with Crippen molar-refractivity contribution in [1.82, 2.24) is 5.32 Å². The zero-order chi connectivity index (χ0) is 14.3. The number of nitrogens with one attached hydrogen (secondary N) is 1. The fourth-order valence-corrected chi connectivity index (χ4v) is 2.04. The van der Waals surface area contributed by atoms with Gasteiger partial charge in [0.25, 0.3) is 0 Å². The average molecular weight is 282 g/mol. The van der Waals surface area contributed by atoms with E-state index >= 15 is 0 Å². The molecule has 4 N–H and O–H groups in total. The molecule has 0 aromatic heterocycles. The van der Waals surface area contributed by atoms with Gasteiger partial charge in [0, 0.05) is 0 Å². The third-order valence-corrected chi connectivity index (χ3v) is 3.31. The number of hydrogen-bond donors (Lipinski definition) is 3. The summed E-state index contributed by atoms with van der Waals surface area (Å²) in [7, 11) is 0. The van der Waals surface area contributed by atoms with Crippen LogP contribution in [-0.2, 0) is 9.59 Å². The topological polar surface area (TPSA) is 92.4 Å². The molecule has 0 aliphatic heterocycles. The number of benzene rings is 1. The third-order valence-electron chi connectivity index (χ3n) is 2.67. The van der Waals surface area contributed by atoms with Gasteiger partial charge < -0.3 is 16.2 Å². The summed E-state index contributed by atoms with van der Waals surface area (Å²) in [5.74, 6) is -0.847. The van der Waals surface area contributed by atoms with Crippen LogP contribution in [0.2, 0.25) is 0 Å². The summed E-state index contributed by atoms with van der Waals surface area (Å²) in [5, 5.41) is 11.5. The highest BCUT2D eigenvalue weighted by atomic mass is 32.2. The minimum Gasteiger partial charge on any atom is -0.480 e. The van der Waals surface area contributed by atoms with E-state index in [1.807, 2.05) is 12.3 Å². The van der Waals surface area contributed by atoms with E-state index in [9.17, 15) is 9.59 Å². The minimum atomic E-state index is -1.04. The number of hydrogen-bond acceptors (Lipinski definition) is 4. The molecule has 0 spiro atoms. The fourth-order valence-electron chi connectivity index (χ4n) is 1.57. The van der Waals surface area contributed by atoms with Gasteiger partial charge in [-0.25, -0.2) is 4.79 Å². The van der Waals surface area contributed by atoms with Gasteiger partial charge in [-0.3, -0.25) is 4.79 Å². The number of thioether (sulfide) groups is 1. The molecule has 5 nitrogen and oxygen atoms in total. The summed E-state index contributed by atoms with van der Waals surface area (Å²) in [6.45, 7) is 0. The van der Waals surface area contributed by atoms with E-state index in [2.05, 4.69) is 5.32 Å². The Kier molecular flexibility index (Phi) is 6.38. The number of carboxylic acids is 1. The van der Waals surface area contributed by atoms with Gasteiger partial charge in [0.15, 0.2) is 0 Å². The van der Waals surface area contributed by atoms with E-state index in [1.165, 1.54) is 11.8 Å². The van der Waals surface area contributed by atoms with Gasteiger partial charge in [0.05, 0.1) is 0 Å². The van der Waals surface area contributed by atoms with Crippen LogP contribution in [0.15, 0.2) is 30.3 Å². The smallest absolute Gasteiger partial charge is 0.326 e. The van der Waals surface area contributed by atoms with E-state index in [1.54, 1.807) is 24.3 Å². The molecular formula is C13H18N2O3S. The number of amides is 1. The van der Waals surface area contributed by atoms with Crippen molar-refractivity contribution in [2.45, 2.75) is 18.5 Å². The molecule has 0 saturated heterocycles. The highest BCUT2D eigenvalue weighted by molar-refractivity contribution is 7.98. The van der Waals surface area contributed by atoms with E-state index < -0.39 is 24.0 Å². The van der Waals surface area contributed by atoms with Gasteiger partial charge in [-0.2, -0.15) is 11.8 Å². The minimum absolute atomic E-state index is 0.379. The number of carbonyl (C=O) groups excluding carboxylic acids is 1. The summed E-state index contributed by atoms with van der Waals surface area (Å²) in [5.41, 5.74) is 6.47. The first-order valence-electron chi connectivity index (χ1n) is 5.89. The van der Waals surface area contributed by atoms with Crippen molar-refractivity contribution in [3.63, 3.8) is 0 Å². The molecule has 1 aromatic carbocycles. The summed E-state index contributed by atoms with van der Waals surface area (Å²) in [6.07, 6.45) is 2.26. The molecule has 19 heavy (non-hydrogen) atoms. The van der Waals surface area contributed by atoms with Crippen LogP contribution < -0.4 is 11.1 Å². The van der Waals surface area contributed by atoms with Gasteiger partial charge in [0.1, 0.15) is 12.1 Å². The number of aliphatic carboxylic acids is 1. The summed E-state index contributed by atoms with van der Waals surface area (Å²) in [4.78, 5) is 23.0. The molecule has 0 saturated carbocycles. The number of carboxylic acid groups (broad SMARTS) is 1. The molecule has 0 aliphatic rings. The molecule has 2 atom stereocenters. The first-order chi connectivity index (χ1) is 9.06. The number of carbonyl (C=O) groups is 2. The molecule has 104 valence electrons. The molecule has 1 amide bonds. The Morgan fingerprint density at radius 2 is 2.00 bits per heavy atom. The normalized spacial score (nSPS) is 13.6. The first kappa shape index (κ1) is 15.5. The van der Waals surface area contributed by atoms with E-state index in [0.717, 1.165) is 0 Å². The largest absolute Gasteiger partial charge is 0.480 e. The van der Waals surface area contributed by atoms with Crippen LogP contribution >= 0.6 is 11.8 Å². The van der Waals surface area contributed by atoms with E-state index in [-0.39, 0.29) is 0 Å². The average Bonchev–Trinajstić information content (AvgIpc) is 2.43. The highest BCUT2D eigenvalue weighted by Crippen LogP contribution is 2.10. The Bertz CT molecular complexity index is 425.